The first-order valence-corrected chi connectivity index (χ1v) is 4.57. The Labute approximate surface area is 73.2 Å². The zero-order valence-electron chi connectivity index (χ0n) is 6.54. The van der Waals surface area contributed by atoms with E-state index in [9.17, 15) is 18.5 Å². The molecule has 2 N–H and O–H groups in total. The Hall–Kier alpha value is -1.48. The highest BCUT2D eigenvalue weighted by atomic mass is 32.2. The quantitative estimate of drug-likeness (QED) is 0.490. The molecule has 1 heterocycles. The summed E-state index contributed by atoms with van der Waals surface area (Å²) in [5, 5.41) is 14.4. The van der Waals surface area contributed by atoms with Crippen LogP contribution < -0.4 is 5.14 Å². The molecule has 0 amide bonds. The van der Waals surface area contributed by atoms with Crippen molar-refractivity contribution in [1.29, 1.82) is 0 Å². The van der Waals surface area contributed by atoms with Crippen molar-refractivity contribution in [3.63, 3.8) is 0 Å². The zero-order valence-corrected chi connectivity index (χ0v) is 7.35. The third-order valence-corrected chi connectivity index (χ3v) is 2.14. The van der Waals surface area contributed by atoms with Crippen molar-refractivity contribution < 1.29 is 13.3 Å². The molecule has 0 unspecified atom stereocenters. The number of hydrogen-bond acceptors (Lipinski definition) is 5. The minimum absolute atomic E-state index is 0.637. The number of aryl methyl sites for hydroxylation is 1. The molecule has 0 aromatic carbocycles. The Morgan fingerprint density at radius 1 is 1.69 bits per heavy atom. The average molecular weight is 206 g/mol. The Kier molecular flexibility index (Phi) is 2.05. The van der Waals surface area contributed by atoms with Crippen LogP contribution in [0.3, 0.4) is 0 Å². The van der Waals surface area contributed by atoms with Gasteiger partial charge in [0, 0.05) is 0 Å². The van der Waals surface area contributed by atoms with E-state index in [1.807, 2.05) is 0 Å². The van der Waals surface area contributed by atoms with Crippen molar-refractivity contribution in [3.8, 4) is 0 Å². The molecule has 72 valence electrons. The second kappa shape index (κ2) is 2.78. The largest absolute Gasteiger partial charge is 0.363 e. The molecule has 0 spiro atoms. The van der Waals surface area contributed by atoms with Gasteiger partial charge in [-0.2, -0.15) is 4.98 Å². The van der Waals surface area contributed by atoms with Gasteiger partial charge in [-0.25, -0.2) is 18.1 Å². The molecule has 0 aliphatic carbocycles. The van der Waals surface area contributed by atoms with Crippen LogP contribution in [0, 0.1) is 10.1 Å². The highest BCUT2D eigenvalue weighted by Crippen LogP contribution is 2.18. The maximum absolute atomic E-state index is 10.8. The fraction of sp³-hybridized carbons (Fsp3) is 0.250. The van der Waals surface area contributed by atoms with Crippen LogP contribution in [0.1, 0.15) is 0 Å². The van der Waals surface area contributed by atoms with E-state index in [-0.39, 0.29) is 0 Å². The molecule has 0 fully saturated rings. The third kappa shape index (κ3) is 1.65. The van der Waals surface area contributed by atoms with Crippen molar-refractivity contribution in [2.24, 2.45) is 12.2 Å². The number of nitrogens with zero attached hydrogens (tertiary/aromatic N) is 3. The molecule has 8 nitrogen and oxygen atoms in total. The molecular formula is C4H6N4O4S. The smallest absolute Gasteiger partial charge is 0.358 e. The zero-order chi connectivity index (χ0) is 10.2. The number of imidazole rings is 1. The van der Waals surface area contributed by atoms with Gasteiger partial charge in [0.15, 0.2) is 6.33 Å². The van der Waals surface area contributed by atoms with E-state index in [1.165, 1.54) is 7.05 Å². The number of nitrogens with two attached hydrogens (primary N) is 1. The van der Waals surface area contributed by atoms with Crippen LogP contribution in [0.15, 0.2) is 11.4 Å². The first kappa shape index (κ1) is 9.61. The highest BCUT2D eigenvalue weighted by molar-refractivity contribution is 7.89. The Bertz CT molecular complexity index is 447. The highest BCUT2D eigenvalue weighted by Gasteiger charge is 2.27. The lowest BCUT2D eigenvalue weighted by Crippen LogP contribution is -2.14. The molecule has 1 rings (SSSR count). The van der Waals surface area contributed by atoms with Crippen molar-refractivity contribution >= 4 is 15.8 Å². The van der Waals surface area contributed by atoms with E-state index in [2.05, 4.69) is 4.98 Å². The Balaban J connectivity index is 3.49. The van der Waals surface area contributed by atoms with Gasteiger partial charge in [0.05, 0.1) is 7.05 Å². The number of primary sulfonamides is 1. The van der Waals surface area contributed by atoms with E-state index in [0.717, 1.165) is 10.9 Å². The van der Waals surface area contributed by atoms with Gasteiger partial charge in [-0.3, -0.25) is 0 Å². The number of hydrogen-bond donors (Lipinski definition) is 1. The van der Waals surface area contributed by atoms with Gasteiger partial charge in [-0.1, -0.05) is 0 Å². The fourth-order valence-electron chi connectivity index (χ4n) is 0.810. The molecule has 9 heteroatoms. The predicted octanol–water partition coefficient (Wildman–Crippen LogP) is -1.02. The summed E-state index contributed by atoms with van der Waals surface area (Å²) in [6.45, 7) is 0. The molecule has 13 heavy (non-hydrogen) atoms. The second-order valence-corrected chi connectivity index (χ2v) is 3.76. The van der Waals surface area contributed by atoms with Crippen LogP contribution in [0.2, 0.25) is 0 Å². The standard InChI is InChI=1S/C4H6N4O4S/c1-7-2-6-3(13(5,11)12)4(7)8(9)10/h2H,1H3,(H2,5,11,12). The second-order valence-electron chi connectivity index (χ2n) is 2.29. The average Bonchev–Trinajstić information content (AvgIpc) is 2.28. The van der Waals surface area contributed by atoms with Crippen molar-refractivity contribution in [3.05, 3.63) is 16.4 Å². The summed E-state index contributed by atoms with van der Waals surface area (Å²) in [6, 6.07) is 0. The molecule has 1 aromatic heterocycles. The van der Waals surface area contributed by atoms with Gasteiger partial charge >= 0.3 is 5.82 Å². The van der Waals surface area contributed by atoms with Gasteiger partial charge in [0.2, 0.25) is 0 Å². The SMILES string of the molecule is Cn1cnc(S(N)(=O)=O)c1[N+](=O)[O-]. The minimum Gasteiger partial charge on any atom is -0.358 e. The first-order chi connectivity index (χ1) is 5.84. The molecule has 0 aliphatic rings. The van der Waals surface area contributed by atoms with Crippen molar-refractivity contribution in [1.82, 2.24) is 9.55 Å². The maximum atomic E-state index is 10.8. The summed E-state index contributed by atoms with van der Waals surface area (Å²) in [7, 11) is -2.83. The van der Waals surface area contributed by atoms with Crippen LogP contribution in [0.4, 0.5) is 5.82 Å². The minimum atomic E-state index is -4.13. The maximum Gasteiger partial charge on any atom is 0.363 e. The lowest BCUT2D eigenvalue weighted by atomic mass is 10.7. The first-order valence-electron chi connectivity index (χ1n) is 3.02. The van der Waals surface area contributed by atoms with Gasteiger partial charge in [-0.05, 0) is 4.92 Å². The number of nitro groups is 1. The van der Waals surface area contributed by atoms with Crippen LogP contribution >= 0.6 is 0 Å². The molecule has 0 saturated heterocycles. The van der Waals surface area contributed by atoms with Crippen molar-refractivity contribution in [2.45, 2.75) is 5.03 Å². The van der Waals surface area contributed by atoms with Gasteiger partial charge in [0.25, 0.3) is 15.0 Å². The van der Waals surface area contributed by atoms with Crippen molar-refractivity contribution in [2.75, 3.05) is 0 Å². The molecule has 1 aromatic rings. The number of sulfonamides is 1. The normalized spacial score (nSPS) is 11.5. The summed E-state index contributed by atoms with van der Waals surface area (Å²) in [4.78, 5) is 12.8. The molecule has 0 saturated carbocycles. The van der Waals surface area contributed by atoms with Gasteiger partial charge in [-0.15, -0.1) is 0 Å². The van der Waals surface area contributed by atoms with Crippen LogP contribution in [0.25, 0.3) is 0 Å². The Morgan fingerprint density at radius 2 is 2.23 bits per heavy atom. The summed E-state index contributed by atoms with van der Waals surface area (Å²) in [5.41, 5.74) is 0. The number of rotatable bonds is 2. The van der Waals surface area contributed by atoms with Crippen LogP contribution in [-0.4, -0.2) is 22.9 Å². The molecule has 0 atom stereocenters. The van der Waals surface area contributed by atoms with E-state index >= 15 is 0 Å². The molecule has 0 radical (unpaired) electrons. The summed E-state index contributed by atoms with van der Waals surface area (Å²) >= 11 is 0. The summed E-state index contributed by atoms with van der Waals surface area (Å²) < 4.78 is 22.5. The molecular weight excluding hydrogens is 200 g/mol. The summed E-state index contributed by atoms with van der Waals surface area (Å²) in [5.74, 6) is -0.637. The third-order valence-electron chi connectivity index (χ3n) is 1.32. The predicted molar refractivity (Wildman–Crippen MR) is 41.2 cm³/mol. The lowest BCUT2D eigenvalue weighted by Gasteiger charge is -1.95. The lowest BCUT2D eigenvalue weighted by molar-refractivity contribution is -0.394. The Morgan fingerprint density at radius 3 is 2.54 bits per heavy atom. The molecule has 0 bridgehead atoms. The van der Waals surface area contributed by atoms with E-state index in [0.29, 0.717) is 0 Å². The van der Waals surface area contributed by atoms with Gasteiger partial charge in [0.1, 0.15) is 0 Å². The summed E-state index contributed by atoms with van der Waals surface area (Å²) in [6.07, 6.45) is 1.01. The van der Waals surface area contributed by atoms with E-state index in [4.69, 9.17) is 5.14 Å². The topological polar surface area (TPSA) is 121 Å². The van der Waals surface area contributed by atoms with Crippen LogP contribution in [-0.2, 0) is 17.1 Å². The number of aromatic nitrogens is 2. The monoisotopic (exact) mass is 206 g/mol. The van der Waals surface area contributed by atoms with E-state index < -0.39 is 25.8 Å². The molecule has 0 aliphatic heterocycles. The van der Waals surface area contributed by atoms with Gasteiger partial charge < -0.3 is 10.1 Å². The van der Waals surface area contributed by atoms with E-state index in [1.54, 1.807) is 0 Å². The van der Waals surface area contributed by atoms with Crippen LogP contribution in [0.5, 0.6) is 0 Å². The fourth-order valence-corrected chi connectivity index (χ4v) is 1.48.